The Morgan fingerprint density at radius 2 is 2.14 bits per heavy atom. The van der Waals surface area contributed by atoms with Gasteiger partial charge in [-0.15, -0.1) is 0 Å². The van der Waals surface area contributed by atoms with Gasteiger partial charge in [0, 0.05) is 6.61 Å². The SMILES string of the molecule is C(=Cc1ccccc1)CC1CCCO1. The maximum absolute atomic E-state index is 5.54. The second-order valence-electron chi connectivity index (χ2n) is 3.68. The van der Waals surface area contributed by atoms with Crippen molar-refractivity contribution in [1.29, 1.82) is 0 Å². The van der Waals surface area contributed by atoms with Gasteiger partial charge in [0.1, 0.15) is 0 Å². The monoisotopic (exact) mass is 188 g/mol. The van der Waals surface area contributed by atoms with Crippen LogP contribution in [0, 0.1) is 0 Å². The van der Waals surface area contributed by atoms with Gasteiger partial charge >= 0.3 is 0 Å². The molecule has 1 aromatic carbocycles. The summed E-state index contributed by atoms with van der Waals surface area (Å²) in [5.74, 6) is 0. The topological polar surface area (TPSA) is 9.23 Å². The maximum atomic E-state index is 5.54. The van der Waals surface area contributed by atoms with E-state index in [1.54, 1.807) is 0 Å². The summed E-state index contributed by atoms with van der Waals surface area (Å²) in [6.45, 7) is 0.948. The maximum Gasteiger partial charge on any atom is 0.0610 e. The van der Waals surface area contributed by atoms with Crippen LogP contribution < -0.4 is 0 Å². The van der Waals surface area contributed by atoms with Crippen LogP contribution in [0.3, 0.4) is 0 Å². The van der Waals surface area contributed by atoms with Crippen LogP contribution in [-0.4, -0.2) is 12.7 Å². The Bertz CT molecular complexity index is 283. The van der Waals surface area contributed by atoms with Crippen molar-refractivity contribution in [3.8, 4) is 0 Å². The Balaban J connectivity index is 1.82. The lowest BCUT2D eigenvalue weighted by molar-refractivity contribution is 0.113. The highest BCUT2D eigenvalue weighted by molar-refractivity contribution is 5.48. The van der Waals surface area contributed by atoms with Gasteiger partial charge in [0.05, 0.1) is 6.10 Å². The minimum atomic E-state index is 0.468. The third-order valence-corrected chi connectivity index (χ3v) is 2.53. The van der Waals surface area contributed by atoms with E-state index in [0.29, 0.717) is 6.10 Å². The third kappa shape index (κ3) is 2.71. The lowest BCUT2D eigenvalue weighted by Crippen LogP contribution is -2.01. The molecule has 2 rings (SSSR count). The minimum Gasteiger partial charge on any atom is -0.378 e. The lowest BCUT2D eigenvalue weighted by atomic mass is 10.1. The molecule has 14 heavy (non-hydrogen) atoms. The largest absolute Gasteiger partial charge is 0.378 e. The third-order valence-electron chi connectivity index (χ3n) is 2.53. The zero-order valence-electron chi connectivity index (χ0n) is 8.36. The van der Waals surface area contributed by atoms with E-state index in [1.165, 1.54) is 18.4 Å². The summed E-state index contributed by atoms with van der Waals surface area (Å²) in [6.07, 6.45) is 8.35. The van der Waals surface area contributed by atoms with Crippen LogP contribution in [0.5, 0.6) is 0 Å². The fourth-order valence-corrected chi connectivity index (χ4v) is 1.75. The molecule has 1 aromatic rings. The summed E-state index contributed by atoms with van der Waals surface area (Å²) >= 11 is 0. The van der Waals surface area contributed by atoms with Gasteiger partial charge in [-0.1, -0.05) is 42.5 Å². The Morgan fingerprint density at radius 3 is 2.86 bits per heavy atom. The van der Waals surface area contributed by atoms with Crippen LogP contribution in [0.25, 0.3) is 6.08 Å². The Kier molecular flexibility index (Phi) is 3.36. The van der Waals surface area contributed by atoms with Gasteiger partial charge in [0.25, 0.3) is 0 Å². The molecule has 0 radical (unpaired) electrons. The van der Waals surface area contributed by atoms with Gasteiger partial charge in [0.2, 0.25) is 0 Å². The summed E-state index contributed by atoms with van der Waals surface area (Å²) in [4.78, 5) is 0. The lowest BCUT2D eigenvalue weighted by Gasteiger charge is -2.03. The molecule has 0 aromatic heterocycles. The summed E-state index contributed by atoms with van der Waals surface area (Å²) in [5.41, 5.74) is 1.27. The van der Waals surface area contributed by atoms with Crippen molar-refractivity contribution in [3.63, 3.8) is 0 Å². The predicted molar refractivity (Wildman–Crippen MR) is 59.1 cm³/mol. The molecule has 1 heterocycles. The van der Waals surface area contributed by atoms with Crippen LogP contribution in [0.4, 0.5) is 0 Å². The average Bonchev–Trinajstić information content (AvgIpc) is 2.72. The highest BCUT2D eigenvalue weighted by Crippen LogP contribution is 2.16. The first-order valence-corrected chi connectivity index (χ1v) is 5.28. The van der Waals surface area contributed by atoms with Gasteiger partial charge in [-0.3, -0.25) is 0 Å². The number of hydrogen-bond acceptors (Lipinski definition) is 1. The first-order chi connectivity index (χ1) is 6.95. The molecule has 1 unspecified atom stereocenters. The second kappa shape index (κ2) is 4.97. The summed E-state index contributed by atoms with van der Waals surface area (Å²) in [5, 5.41) is 0. The molecular formula is C13H16O. The van der Waals surface area contributed by atoms with Crippen LogP contribution in [0.15, 0.2) is 36.4 Å². The molecule has 0 aliphatic carbocycles. The molecule has 0 spiro atoms. The number of hydrogen-bond donors (Lipinski definition) is 0. The number of ether oxygens (including phenoxy) is 1. The first-order valence-electron chi connectivity index (χ1n) is 5.28. The molecular weight excluding hydrogens is 172 g/mol. The van der Waals surface area contributed by atoms with Gasteiger partial charge in [-0.2, -0.15) is 0 Å². The summed E-state index contributed by atoms with van der Waals surface area (Å²) in [6, 6.07) is 10.4. The van der Waals surface area contributed by atoms with Crippen LogP contribution in [-0.2, 0) is 4.74 Å². The van der Waals surface area contributed by atoms with E-state index >= 15 is 0 Å². The van der Waals surface area contributed by atoms with Gasteiger partial charge in [-0.05, 0) is 24.8 Å². The van der Waals surface area contributed by atoms with E-state index in [0.717, 1.165) is 13.0 Å². The highest BCUT2D eigenvalue weighted by atomic mass is 16.5. The molecule has 1 fully saturated rings. The summed E-state index contributed by atoms with van der Waals surface area (Å²) < 4.78 is 5.54. The molecule has 0 amide bonds. The predicted octanol–water partition coefficient (Wildman–Crippen LogP) is 3.27. The van der Waals surface area contributed by atoms with Crippen molar-refractivity contribution in [1.82, 2.24) is 0 Å². The Hall–Kier alpha value is -1.08. The minimum absolute atomic E-state index is 0.468. The molecule has 1 aliphatic heterocycles. The molecule has 1 aliphatic rings. The van der Waals surface area contributed by atoms with Crippen molar-refractivity contribution in [3.05, 3.63) is 42.0 Å². The van der Waals surface area contributed by atoms with Crippen molar-refractivity contribution >= 4 is 6.08 Å². The fraction of sp³-hybridized carbons (Fsp3) is 0.385. The molecule has 0 bridgehead atoms. The standard InChI is InChI=1S/C13H16O/c1-2-6-12(7-3-1)8-4-9-13-10-5-11-14-13/h1-4,6-8,13H,5,9-11H2. The van der Waals surface area contributed by atoms with Crippen molar-refractivity contribution in [2.75, 3.05) is 6.61 Å². The molecule has 1 nitrogen and oxygen atoms in total. The fourth-order valence-electron chi connectivity index (χ4n) is 1.75. The van der Waals surface area contributed by atoms with Gasteiger partial charge in [-0.25, -0.2) is 0 Å². The molecule has 74 valence electrons. The molecule has 0 saturated carbocycles. The molecule has 1 heteroatoms. The zero-order valence-corrected chi connectivity index (χ0v) is 8.36. The van der Waals surface area contributed by atoms with Crippen LogP contribution >= 0.6 is 0 Å². The van der Waals surface area contributed by atoms with E-state index < -0.39 is 0 Å². The Labute approximate surface area is 85.4 Å². The first kappa shape index (κ1) is 9.47. The second-order valence-corrected chi connectivity index (χ2v) is 3.68. The average molecular weight is 188 g/mol. The van der Waals surface area contributed by atoms with E-state index in [2.05, 4.69) is 36.4 Å². The number of rotatable bonds is 3. The molecule has 1 saturated heterocycles. The van der Waals surface area contributed by atoms with Crippen LogP contribution in [0.2, 0.25) is 0 Å². The van der Waals surface area contributed by atoms with E-state index in [9.17, 15) is 0 Å². The highest BCUT2D eigenvalue weighted by Gasteiger charge is 2.12. The van der Waals surface area contributed by atoms with Gasteiger partial charge in [0.15, 0.2) is 0 Å². The van der Waals surface area contributed by atoms with Crippen molar-refractivity contribution in [2.45, 2.75) is 25.4 Å². The summed E-state index contributed by atoms with van der Waals surface area (Å²) in [7, 11) is 0. The van der Waals surface area contributed by atoms with E-state index in [-0.39, 0.29) is 0 Å². The number of benzene rings is 1. The molecule has 1 atom stereocenters. The van der Waals surface area contributed by atoms with Crippen molar-refractivity contribution < 1.29 is 4.74 Å². The Morgan fingerprint density at radius 1 is 1.29 bits per heavy atom. The van der Waals surface area contributed by atoms with Gasteiger partial charge < -0.3 is 4.74 Å². The normalized spacial score (nSPS) is 21.9. The zero-order chi connectivity index (χ0) is 9.64. The smallest absolute Gasteiger partial charge is 0.0610 e. The van der Waals surface area contributed by atoms with E-state index in [4.69, 9.17) is 4.74 Å². The van der Waals surface area contributed by atoms with E-state index in [1.807, 2.05) is 6.07 Å². The van der Waals surface area contributed by atoms with Crippen LogP contribution in [0.1, 0.15) is 24.8 Å². The quantitative estimate of drug-likeness (QED) is 0.707. The van der Waals surface area contributed by atoms with Crippen molar-refractivity contribution in [2.24, 2.45) is 0 Å². The molecule has 0 N–H and O–H groups in total.